The maximum Gasteiger partial charge on any atom is 0.261 e. The van der Waals surface area contributed by atoms with E-state index in [0.717, 1.165) is 49.3 Å². The molecule has 6 nitrogen and oxygen atoms in total. The van der Waals surface area contributed by atoms with Gasteiger partial charge < -0.3 is 15.3 Å². The number of nitrogens with zero attached hydrogens (tertiary/aromatic N) is 2. The number of aromatic nitrogens is 1. The highest BCUT2D eigenvalue weighted by atomic mass is 16.6. The molecule has 33 heavy (non-hydrogen) atoms. The first-order chi connectivity index (χ1) is 15.9. The molecule has 1 heterocycles. The van der Waals surface area contributed by atoms with Crippen molar-refractivity contribution in [3.63, 3.8) is 0 Å². The molecule has 0 bridgehead atoms. The molecular weight excluding hydrogens is 414 g/mol. The summed E-state index contributed by atoms with van der Waals surface area (Å²) in [6.45, 7) is 5.20. The van der Waals surface area contributed by atoms with Crippen molar-refractivity contribution in [3.8, 4) is 0 Å². The Morgan fingerprint density at radius 3 is 2.79 bits per heavy atom. The van der Waals surface area contributed by atoms with Crippen LogP contribution in [0.3, 0.4) is 0 Å². The Morgan fingerprint density at radius 1 is 1.15 bits per heavy atom. The Hall–Kier alpha value is -2.21. The summed E-state index contributed by atoms with van der Waals surface area (Å²) in [6.07, 6.45) is 14.5. The summed E-state index contributed by atoms with van der Waals surface area (Å²) in [6, 6.07) is 3.76. The summed E-state index contributed by atoms with van der Waals surface area (Å²) in [4.78, 5) is 21.5. The fourth-order valence-corrected chi connectivity index (χ4v) is 7.54. The van der Waals surface area contributed by atoms with Crippen LogP contribution in [0.15, 0.2) is 41.3 Å². The lowest BCUT2D eigenvalue weighted by molar-refractivity contribution is -0.125. The molecule has 0 aliphatic heterocycles. The van der Waals surface area contributed by atoms with Crippen LogP contribution in [0.2, 0.25) is 0 Å². The van der Waals surface area contributed by atoms with Crippen LogP contribution in [0.1, 0.15) is 70.8 Å². The fourth-order valence-electron chi connectivity index (χ4n) is 7.54. The van der Waals surface area contributed by atoms with Crippen molar-refractivity contribution >= 4 is 11.6 Å². The van der Waals surface area contributed by atoms with E-state index in [4.69, 9.17) is 4.84 Å². The van der Waals surface area contributed by atoms with Crippen molar-refractivity contribution in [1.29, 1.82) is 0 Å². The number of oxime groups is 1. The predicted octanol–water partition coefficient (Wildman–Crippen LogP) is 4.39. The van der Waals surface area contributed by atoms with Gasteiger partial charge in [-0.2, -0.15) is 0 Å². The normalized spacial score (nSPS) is 38.6. The zero-order chi connectivity index (χ0) is 23.1. The van der Waals surface area contributed by atoms with Crippen LogP contribution in [0.5, 0.6) is 0 Å². The van der Waals surface area contributed by atoms with Crippen LogP contribution in [0.25, 0.3) is 0 Å². The van der Waals surface area contributed by atoms with Crippen LogP contribution in [0, 0.1) is 28.6 Å². The first-order valence-corrected chi connectivity index (χ1v) is 12.6. The maximum absolute atomic E-state index is 12.1. The molecule has 1 aromatic rings. The minimum Gasteiger partial charge on any atom is -0.393 e. The van der Waals surface area contributed by atoms with Gasteiger partial charge in [-0.05, 0) is 104 Å². The molecule has 0 unspecified atom stereocenters. The number of aliphatic hydroxyl groups excluding tert-OH is 1. The van der Waals surface area contributed by atoms with Crippen LogP contribution in [0.4, 0.5) is 0 Å². The summed E-state index contributed by atoms with van der Waals surface area (Å²) in [5.41, 5.74) is 3.85. The summed E-state index contributed by atoms with van der Waals surface area (Å²) >= 11 is 0. The average Bonchev–Trinajstić information content (AvgIpc) is 3.13. The predicted molar refractivity (Wildman–Crippen MR) is 127 cm³/mol. The third-order valence-electron chi connectivity index (χ3n) is 9.54. The van der Waals surface area contributed by atoms with Crippen LogP contribution >= 0.6 is 0 Å². The highest BCUT2D eigenvalue weighted by Gasteiger charge is 2.58. The van der Waals surface area contributed by atoms with Crippen molar-refractivity contribution < 1.29 is 14.7 Å². The number of carbonyl (C=O) groups is 1. The highest BCUT2D eigenvalue weighted by Crippen LogP contribution is 2.65. The maximum atomic E-state index is 12.1. The van der Waals surface area contributed by atoms with Crippen LogP contribution in [-0.2, 0) is 16.2 Å². The molecule has 5 rings (SSSR count). The quantitative estimate of drug-likeness (QED) is 0.650. The minimum absolute atomic E-state index is 0.0671. The number of fused-ring (bicyclic) bond motifs is 5. The minimum atomic E-state index is -0.172. The monoisotopic (exact) mass is 451 g/mol. The van der Waals surface area contributed by atoms with Crippen LogP contribution in [-0.4, -0.2) is 34.4 Å². The molecule has 6 atom stereocenters. The van der Waals surface area contributed by atoms with E-state index in [1.54, 1.807) is 12.4 Å². The molecule has 0 aromatic carbocycles. The molecule has 0 spiro atoms. The van der Waals surface area contributed by atoms with E-state index in [2.05, 4.69) is 35.4 Å². The number of pyridine rings is 1. The third-order valence-corrected chi connectivity index (χ3v) is 9.54. The van der Waals surface area contributed by atoms with Gasteiger partial charge >= 0.3 is 0 Å². The number of aliphatic hydroxyl groups is 1. The van der Waals surface area contributed by atoms with Crippen molar-refractivity contribution in [2.24, 2.45) is 33.7 Å². The Bertz CT molecular complexity index is 945. The largest absolute Gasteiger partial charge is 0.393 e. The molecular formula is C27H37N3O3. The Kier molecular flexibility index (Phi) is 6.06. The van der Waals surface area contributed by atoms with Gasteiger partial charge in [0.05, 0.1) is 11.8 Å². The second-order valence-electron chi connectivity index (χ2n) is 11.1. The standard InChI is InChI=1S/C27H37N3O3/c1-26-11-7-20(30-33-17-25(32)29-16-18-9-13-28-14-10-18)15-19(26)3-4-21-22-5-6-24(31)27(22,2)12-8-23(21)26/h9-10,13-15,21-24,31H,3-8,11-12,16-17H2,1-2H3,(H,29,32)/t21-,22+,23-,24+,26+,27+/m1/s1. The second kappa shape index (κ2) is 8.86. The number of hydrogen-bond acceptors (Lipinski definition) is 5. The summed E-state index contributed by atoms with van der Waals surface area (Å²) < 4.78 is 0. The molecule has 4 aliphatic rings. The number of rotatable bonds is 5. The third kappa shape index (κ3) is 4.11. The molecule has 178 valence electrons. The molecule has 0 radical (unpaired) electrons. The molecule has 1 amide bonds. The van der Waals surface area contributed by atoms with E-state index in [-0.39, 0.29) is 29.4 Å². The second-order valence-corrected chi connectivity index (χ2v) is 11.1. The zero-order valence-corrected chi connectivity index (χ0v) is 19.9. The molecule has 3 fully saturated rings. The number of nitrogens with one attached hydrogen (secondary N) is 1. The summed E-state index contributed by atoms with van der Waals surface area (Å²) in [5.74, 6) is 1.95. The number of amides is 1. The molecule has 2 N–H and O–H groups in total. The van der Waals surface area contributed by atoms with E-state index < -0.39 is 0 Å². The van der Waals surface area contributed by atoms with Gasteiger partial charge in [0, 0.05) is 18.9 Å². The number of carbonyl (C=O) groups excluding carboxylic acids is 1. The number of allylic oxidation sites excluding steroid dienone is 2. The van der Waals surface area contributed by atoms with E-state index in [1.165, 1.54) is 24.8 Å². The zero-order valence-electron chi connectivity index (χ0n) is 19.9. The summed E-state index contributed by atoms with van der Waals surface area (Å²) in [5, 5.41) is 17.8. The first-order valence-electron chi connectivity index (χ1n) is 12.6. The SMILES string of the molecule is C[C@]12CC[C@@H]3[C@H](CCC4=CC(=NOCC(=O)NCc5ccncc5)CC[C@@]43C)[C@@H]1CC[C@@H]2O. The smallest absolute Gasteiger partial charge is 0.261 e. The van der Waals surface area contributed by atoms with Gasteiger partial charge in [0.15, 0.2) is 6.61 Å². The van der Waals surface area contributed by atoms with E-state index in [1.807, 2.05) is 12.1 Å². The van der Waals surface area contributed by atoms with Gasteiger partial charge in [-0.1, -0.05) is 24.6 Å². The first kappa shape index (κ1) is 22.6. The average molecular weight is 452 g/mol. The van der Waals surface area contributed by atoms with Crippen molar-refractivity contribution in [2.45, 2.75) is 77.9 Å². The summed E-state index contributed by atoms with van der Waals surface area (Å²) in [7, 11) is 0. The van der Waals surface area contributed by atoms with Crippen LogP contribution < -0.4 is 5.32 Å². The van der Waals surface area contributed by atoms with Gasteiger partial charge in [0.25, 0.3) is 5.91 Å². The lowest BCUT2D eigenvalue weighted by Crippen LogP contribution is -2.51. The van der Waals surface area contributed by atoms with Gasteiger partial charge in [-0.15, -0.1) is 0 Å². The molecule has 4 aliphatic carbocycles. The highest BCUT2D eigenvalue weighted by molar-refractivity contribution is 5.96. The van der Waals surface area contributed by atoms with Crippen molar-refractivity contribution in [2.75, 3.05) is 6.61 Å². The van der Waals surface area contributed by atoms with Crippen molar-refractivity contribution in [1.82, 2.24) is 10.3 Å². The molecule has 1 aromatic heterocycles. The Labute approximate surface area is 196 Å². The number of hydrogen-bond donors (Lipinski definition) is 2. The lowest BCUT2D eigenvalue weighted by Gasteiger charge is -2.57. The molecule has 6 heteroatoms. The molecule has 3 saturated carbocycles. The van der Waals surface area contributed by atoms with E-state index in [9.17, 15) is 9.90 Å². The van der Waals surface area contributed by atoms with Gasteiger partial charge in [-0.25, -0.2) is 0 Å². The Morgan fingerprint density at radius 2 is 1.97 bits per heavy atom. The van der Waals surface area contributed by atoms with E-state index >= 15 is 0 Å². The van der Waals surface area contributed by atoms with Gasteiger partial charge in [-0.3, -0.25) is 9.78 Å². The van der Waals surface area contributed by atoms with Gasteiger partial charge in [0.2, 0.25) is 0 Å². The Balaban J connectivity index is 1.19. The van der Waals surface area contributed by atoms with Crippen molar-refractivity contribution in [3.05, 3.63) is 41.7 Å². The van der Waals surface area contributed by atoms with Gasteiger partial charge in [0.1, 0.15) is 0 Å². The topological polar surface area (TPSA) is 83.8 Å². The molecule has 0 saturated heterocycles. The lowest BCUT2D eigenvalue weighted by atomic mass is 9.47. The van der Waals surface area contributed by atoms with E-state index in [0.29, 0.717) is 18.4 Å². The fraction of sp³-hybridized carbons (Fsp3) is 0.667.